The van der Waals surface area contributed by atoms with E-state index in [2.05, 4.69) is 76.2 Å². The molecule has 0 spiro atoms. The molecule has 26 heteroatoms. The van der Waals surface area contributed by atoms with Gasteiger partial charge in [-0.2, -0.15) is 0 Å². The van der Waals surface area contributed by atoms with Crippen LogP contribution < -0.4 is 24.8 Å². The van der Waals surface area contributed by atoms with Crippen LogP contribution in [0.25, 0.3) is 33.1 Å². The van der Waals surface area contributed by atoms with Crippen molar-refractivity contribution in [3.63, 3.8) is 0 Å². The second kappa shape index (κ2) is 34.8. The molecule has 1 saturated heterocycles. The monoisotopic (exact) mass is 1460 g/mol. The highest BCUT2D eigenvalue weighted by atomic mass is 79.9. The molecule has 6 aromatic heterocycles. The first-order chi connectivity index (χ1) is 45.0. The number of nitrogens with one attached hydrogen (secondary N) is 5. The summed E-state index contributed by atoms with van der Waals surface area (Å²) >= 11 is 34.1. The number of carbonyl (C=O) groups is 4. The third-order valence-corrected chi connectivity index (χ3v) is 16.2. The van der Waals surface area contributed by atoms with Crippen molar-refractivity contribution in [2.24, 2.45) is 0 Å². The fraction of sp³-hybridized carbons (Fsp3) is 0.171. The highest BCUT2D eigenvalue weighted by Crippen LogP contribution is 2.35. The number of methoxy groups -OCH3 is 1. The fourth-order valence-corrected chi connectivity index (χ4v) is 11.5. The molecule has 3 atom stereocenters. The molecule has 7 heterocycles. The van der Waals surface area contributed by atoms with Crippen LogP contribution in [0.5, 0.6) is 34.5 Å². The van der Waals surface area contributed by atoms with Crippen molar-refractivity contribution in [1.29, 1.82) is 0 Å². The zero-order chi connectivity index (χ0) is 65.5. The Morgan fingerprint density at radius 1 is 0.521 bits per heavy atom. The van der Waals surface area contributed by atoms with Crippen LogP contribution >= 0.6 is 73.9 Å². The van der Waals surface area contributed by atoms with Crippen molar-refractivity contribution >= 4 is 136 Å². The molecule has 1 unspecified atom stereocenters. The third kappa shape index (κ3) is 18.5. The van der Waals surface area contributed by atoms with Gasteiger partial charge in [0.05, 0.1) is 79.8 Å². The van der Waals surface area contributed by atoms with Gasteiger partial charge in [-0.25, -0.2) is 34.7 Å². The van der Waals surface area contributed by atoms with Crippen LogP contribution in [0.1, 0.15) is 91.2 Å². The molecule has 1 fully saturated rings. The average Bonchev–Trinajstić information content (AvgIpc) is 1.60. The highest BCUT2D eigenvalue weighted by Gasteiger charge is 2.29. The van der Waals surface area contributed by atoms with E-state index in [1.165, 1.54) is 33.0 Å². The van der Waals surface area contributed by atoms with Gasteiger partial charge in [0.25, 0.3) is 0 Å². The molecule has 6 aromatic carbocycles. The first-order valence-corrected chi connectivity index (χ1v) is 31.0. The Labute approximate surface area is 586 Å². The number of hydrogen-bond donors (Lipinski definition) is 5. The van der Waals surface area contributed by atoms with Crippen LogP contribution in [0.3, 0.4) is 0 Å². The number of ether oxygens (including phenoxy) is 5. The largest absolute Gasteiger partial charge is 0.465 e. The number of fused-ring (bicyclic) bond motifs is 3. The molecule has 0 aliphatic carbocycles. The summed E-state index contributed by atoms with van der Waals surface area (Å²) in [6.45, 7) is 3.89. The quantitative estimate of drug-likeness (QED) is 0.0363. The first kappa shape index (κ1) is 74.0. The Morgan fingerprint density at radius 2 is 0.938 bits per heavy atom. The smallest absolute Gasteiger partial charge is 0.339 e. The summed E-state index contributed by atoms with van der Waals surface area (Å²) in [6, 6.07) is 42.7. The topological polar surface area (TPSA) is 263 Å². The van der Waals surface area contributed by atoms with Gasteiger partial charge in [0, 0.05) is 59.3 Å². The molecule has 496 valence electrons. The maximum Gasteiger partial charge on any atom is 0.339 e. The van der Waals surface area contributed by atoms with Crippen molar-refractivity contribution in [3.05, 3.63) is 241 Å². The van der Waals surface area contributed by atoms with Crippen molar-refractivity contribution in [2.75, 3.05) is 19.0 Å². The van der Waals surface area contributed by atoms with Gasteiger partial charge in [-0.3, -0.25) is 14.4 Å². The molecule has 96 heavy (non-hydrogen) atoms. The number of ketones is 2. The summed E-state index contributed by atoms with van der Waals surface area (Å²) in [7, 11) is 1.31. The number of halogens is 6. The van der Waals surface area contributed by atoms with E-state index < -0.39 is 5.97 Å². The number of carbonyl (C=O) groups excluding carboxylic acids is 4. The molecular formula is C70H65BrCl5N11O9. The number of amides is 1. The number of hydrogen-bond acceptors (Lipinski definition) is 16. The lowest BCUT2D eigenvalue weighted by Crippen LogP contribution is -2.46. The first-order valence-electron chi connectivity index (χ1n) is 28.3. The van der Waals surface area contributed by atoms with Crippen LogP contribution in [-0.2, 0) is 14.3 Å². The van der Waals surface area contributed by atoms with E-state index in [9.17, 15) is 19.2 Å². The second-order valence-electron chi connectivity index (χ2n) is 20.4. The summed E-state index contributed by atoms with van der Waals surface area (Å²) < 4.78 is 28.7. The van der Waals surface area contributed by atoms with E-state index >= 15 is 0 Å². The zero-order valence-corrected chi connectivity index (χ0v) is 54.7. The van der Waals surface area contributed by atoms with Gasteiger partial charge in [-0.1, -0.05) is 135 Å². The number of aromatic amines is 3. The Kier molecular flexibility index (Phi) is 26.8. The van der Waals surface area contributed by atoms with E-state index in [0.29, 0.717) is 107 Å². The maximum absolute atomic E-state index is 13.6. The molecule has 1 aliphatic heterocycles. The van der Waals surface area contributed by atoms with Crippen LogP contribution in [0.2, 0.25) is 25.4 Å². The van der Waals surface area contributed by atoms with E-state index in [-0.39, 0.29) is 73.1 Å². The number of nitrogens with zero attached hydrogens (tertiary/aromatic N) is 6. The lowest BCUT2D eigenvalue weighted by atomic mass is 9.99. The van der Waals surface area contributed by atoms with Crippen molar-refractivity contribution in [1.82, 2.24) is 50.2 Å². The Hall–Kier alpha value is -9.45. The maximum atomic E-state index is 13.6. The molecule has 20 nitrogen and oxygen atoms in total. The van der Waals surface area contributed by atoms with Gasteiger partial charge in [0.15, 0.2) is 11.6 Å². The van der Waals surface area contributed by atoms with Gasteiger partial charge < -0.3 is 49.3 Å². The summed E-state index contributed by atoms with van der Waals surface area (Å²) in [6.07, 6.45) is 10.7. The third-order valence-electron chi connectivity index (χ3n) is 14.1. The molecule has 0 bridgehead atoms. The normalized spacial score (nSPS) is 13.2. The molecule has 13 rings (SSSR count). The van der Waals surface area contributed by atoms with E-state index in [1.807, 2.05) is 97.9 Å². The average molecular weight is 1460 g/mol. The minimum absolute atomic E-state index is 0. The summed E-state index contributed by atoms with van der Waals surface area (Å²) in [4.78, 5) is 82.7. The van der Waals surface area contributed by atoms with Gasteiger partial charge in [-0.05, 0) is 108 Å². The van der Waals surface area contributed by atoms with Gasteiger partial charge in [0.1, 0.15) is 86.5 Å². The zero-order valence-electron chi connectivity index (χ0n) is 49.3. The number of aromatic nitrogens is 9. The number of H-pyrrole nitrogens is 3. The summed E-state index contributed by atoms with van der Waals surface area (Å²) in [5, 5.41) is 9.73. The molecule has 0 radical (unpaired) electrons. The Morgan fingerprint density at radius 3 is 1.36 bits per heavy atom. The number of rotatable bonds is 15. The standard InChI is InChI=1S/C28H28ClN5O4.C19H11Cl2N3O2.C14H11ClO3.C6H3BrClN3.3CH4/c1-16(33-17(2)35)24-11-8-18(14-37-24)34-28-25-22(13-30-27(25)31-15-32-28)26(36)21-10-9-20(12-23(21)29)38-19-6-4-3-5-7-19;20-15-8-12(26-11-4-2-1-3-5-11)6-7-13(15)17(25)14-9-22-19-16(14)18(21)23-10-24-19;1-17-14(16)12-8-7-11(9-13(12)15)18-10-5-3-2-4-6-10;7-3-1-9-6-4(3)5(8)10-2-11-6;;;/h3-7,9-10,12-13,15-16,18,24H,8,11,14H2,1-2H3,(H,33,35)(H2,30,31,32,34);1-10H,(H,22,23,24);2-9H,1H3;1-2H,(H,9,10,11);3*1H4/t16?,18-,24+;;;;;;/m1....../s1. The van der Waals surface area contributed by atoms with Crippen LogP contribution in [-0.4, -0.2) is 100 Å². The molecular weight excluding hydrogens is 1400 g/mol. The Balaban J connectivity index is 0.000000194. The molecule has 0 saturated carbocycles. The van der Waals surface area contributed by atoms with Crippen LogP contribution in [0.4, 0.5) is 5.82 Å². The fourth-order valence-electron chi connectivity index (χ4n) is 9.62. The summed E-state index contributed by atoms with van der Waals surface area (Å²) in [5.74, 6) is 3.18. The van der Waals surface area contributed by atoms with Crippen LogP contribution in [0, 0.1) is 0 Å². The van der Waals surface area contributed by atoms with E-state index in [4.69, 9.17) is 77.0 Å². The lowest BCUT2D eigenvalue weighted by Gasteiger charge is -2.33. The Bertz CT molecular complexity index is 4620. The van der Waals surface area contributed by atoms with Crippen molar-refractivity contribution in [3.8, 4) is 34.5 Å². The number of para-hydroxylation sites is 3. The number of esters is 1. The predicted octanol–water partition coefficient (Wildman–Crippen LogP) is 18.6. The van der Waals surface area contributed by atoms with E-state index in [1.54, 1.807) is 73.2 Å². The molecule has 1 amide bonds. The molecule has 5 N–H and O–H groups in total. The minimum Gasteiger partial charge on any atom is -0.465 e. The van der Waals surface area contributed by atoms with Gasteiger partial charge >= 0.3 is 5.97 Å². The highest BCUT2D eigenvalue weighted by molar-refractivity contribution is 9.10. The predicted molar refractivity (Wildman–Crippen MR) is 381 cm³/mol. The lowest BCUT2D eigenvalue weighted by molar-refractivity contribution is -0.121. The number of anilines is 1. The SMILES string of the molecule is C.C.C.CC(=O)NC(C)[C@@H]1CC[C@@H](Nc2ncnc3[nH]cc(C(=O)c4ccc(Oc5ccccc5)cc4Cl)c23)CO1.COC(=O)c1ccc(Oc2ccccc2)cc1Cl.Clc1ncnc2[nH]cc(Br)c12.O=C(c1ccc(Oc2ccccc2)cc1Cl)c1c[nH]c2ncnc(Cl)c12. The van der Waals surface area contributed by atoms with Crippen LogP contribution in [0.15, 0.2) is 188 Å². The van der Waals surface area contributed by atoms with Crippen molar-refractivity contribution in [2.45, 2.75) is 67.2 Å². The van der Waals surface area contributed by atoms with Crippen molar-refractivity contribution < 1.29 is 42.9 Å². The minimum atomic E-state index is -0.466. The van der Waals surface area contributed by atoms with Gasteiger partial charge in [0.2, 0.25) is 5.91 Å². The van der Waals surface area contributed by atoms with Gasteiger partial charge in [-0.15, -0.1) is 0 Å². The molecule has 12 aromatic rings. The summed E-state index contributed by atoms with van der Waals surface area (Å²) in [5.41, 5.74) is 3.57. The number of benzene rings is 6. The van der Waals surface area contributed by atoms with E-state index in [0.717, 1.165) is 28.3 Å². The second-order valence-corrected chi connectivity index (χ2v) is 23.2. The molecule has 1 aliphatic rings.